The van der Waals surface area contributed by atoms with Crippen LogP contribution in [0, 0.1) is 0 Å². The Bertz CT molecular complexity index is 417. The molecule has 1 atom stereocenters. The van der Waals surface area contributed by atoms with Crippen LogP contribution in [0.1, 0.15) is 31.7 Å². The van der Waals surface area contributed by atoms with E-state index in [0.29, 0.717) is 12.1 Å². The average molecular weight is 240 g/mol. The van der Waals surface area contributed by atoms with Gasteiger partial charge in [0, 0.05) is 17.8 Å². The molecule has 0 amide bonds. The Morgan fingerprint density at radius 1 is 1.44 bits per heavy atom. The molecule has 1 aliphatic carbocycles. The van der Waals surface area contributed by atoms with Gasteiger partial charge in [-0.05, 0) is 32.2 Å². The number of hydrogen-bond donors (Lipinski definition) is 2. The van der Waals surface area contributed by atoms with Crippen molar-refractivity contribution in [2.75, 3.05) is 12.3 Å². The van der Waals surface area contributed by atoms with E-state index in [0.717, 1.165) is 30.3 Å². The fraction of sp³-hybridized carbons (Fsp3) is 0.800. The molecule has 5 nitrogen and oxygen atoms in total. The third-order valence-corrected chi connectivity index (χ3v) is 4.28. The van der Waals surface area contributed by atoms with Crippen LogP contribution in [-0.2, 0) is 0 Å². The van der Waals surface area contributed by atoms with E-state index in [-0.39, 0.29) is 5.69 Å². The Kier molecular flexibility index (Phi) is 2.77. The zero-order valence-electron chi connectivity index (χ0n) is 9.11. The van der Waals surface area contributed by atoms with Crippen molar-refractivity contribution in [2.24, 2.45) is 0 Å². The van der Waals surface area contributed by atoms with E-state index >= 15 is 0 Å². The summed E-state index contributed by atoms with van der Waals surface area (Å²) in [6.07, 6.45) is 4.75. The van der Waals surface area contributed by atoms with Gasteiger partial charge in [0.15, 0.2) is 5.16 Å². The van der Waals surface area contributed by atoms with Gasteiger partial charge < -0.3 is 5.32 Å². The van der Waals surface area contributed by atoms with E-state index in [9.17, 15) is 4.79 Å². The minimum absolute atomic E-state index is 0.0515. The van der Waals surface area contributed by atoms with Gasteiger partial charge in [-0.2, -0.15) is 0 Å². The second-order valence-electron chi connectivity index (χ2n) is 4.52. The van der Waals surface area contributed by atoms with Crippen LogP contribution in [0.25, 0.3) is 0 Å². The summed E-state index contributed by atoms with van der Waals surface area (Å²) in [5.41, 5.74) is -0.0515. The normalized spacial score (nSPS) is 25.1. The summed E-state index contributed by atoms with van der Waals surface area (Å²) in [7, 11) is 0. The highest BCUT2D eigenvalue weighted by Gasteiger charge is 2.28. The van der Waals surface area contributed by atoms with Gasteiger partial charge in [-0.15, -0.1) is 5.10 Å². The van der Waals surface area contributed by atoms with Gasteiger partial charge in [-0.3, -0.25) is 4.57 Å². The standard InChI is InChI=1S/C10H16N4OS/c15-9-12-13-10(14(9)8-3-4-8)16-6-7-2-1-5-11-7/h7-8,11H,1-6H2,(H,12,15). The van der Waals surface area contributed by atoms with Crippen LogP contribution < -0.4 is 11.0 Å². The van der Waals surface area contributed by atoms with E-state index in [1.165, 1.54) is 12.8 Å². The molecular formula is C10H16N4OS. The number of rotatable bonds is 4. The minimum Gasteiger partial charge on any atom is -0.313 e. The second-order valence-corrected chi connectivity index (χ2v) is 5.50. The summed E-state index contributed by atoms with van der Waals surface area (Å²) in [4.78, 5) is 11.5. The number of nitrogens with one attached hydrogen (secondary N) is 2. The maximum Gasteiger partial charge on any atom is 0.344 e. The summed E-state index contributed by atoms with van der Waals surface area (Å²) in [6.45, 7) is 1.13. The lowest BCUT2D eigenvalue weighted by Crippen LogP contribution is -2.24. The van der Waals surface area contributed by atoms with Gasteiger partial charge in [-0.25, -0.2) is 9.89 Å². The van der Waals surface area contributed by atoms with E-state index in [2.05, 4.69) is 15.5 Å². The first-order chi connectivity index (χ1) is 7.84. The van der Waals surface area contributed by atoms with Gasteiger partial charge >= 0.3 is 5.69 Å². The van der Waals surface area contributed by atoms with Crippen LogP contribution in [-0.4, -0.2) is 33.1 Å². The van der Waals surface area contributed by atoms with Gasteiger partial charge in [-0.1, -0.05) is 11.8 Å². The molecule has 3 rings (SSSR count). The molecule has 1 unspecified atom stereocenters. The van der Waals surface area contributed by atoms with Gasteiger partial charge in [0.25, 0.3) is 0 Å². The van der Waals surface area contributed by atoms with Crippen molar-refractivity contribution in [1.29, 1.82) is 0 Å². The van der Waals surface area contributed by atoms with Crippen molar-refractivity contribution in [1.82, 2.24) is 20.1 Å². The van der Waals surface area contributed by atoms with E-state index < -0.39 is 0 Å². The predicted molar refractivity (Wildman–Crippen MR) is 62.9 cm³/mol. The first-order valence-corrected chi connectivity index (χ1v) is 6.86. The molecular weight excluding hydrogens is 224 g/mol. The number of aromatic amines is 1. The van der Waals surface area contributed by atoms with Crippen molar-refractivity contribution < 1.29 is 0 Å². The Balaban J connectivity index is 1.66. The van der Waals surface area contributed by atoms with Crippen molar-refractivity contribution in [3.05, 3.63) is 10.5 Å². The predicted octanol–water partition coefficient (Wildman–Crippen LogP) is 0.750. The molecule has 0 bridgehead atoms. The lowest BCUT2D eigenvalue weighted by atomic mass is 10.3. The van der Waals surface area contributed by atoms with Crippen molar-refractivity contribution in [3.63, 3.8) is 0 Å². The van der Waals surface area contributed by atoms with Crippen molar-refractivity contribution >= 4 is 11.8 Å². The molecule has 1 aliphatic heterocycles. The van der Waals surface area contributed by atoms with Crippen LogP contribution in [0.2, 0.25) is 0 Å². The van der Waals surface area contributed by atoms with Crippen LogP contribution in [0.5, 0.6) is 0 Å². The number of H-pyrrole nitrogens is 1. The van der Waals surface area contributed by atoms with Crippen LogP contribution in [0.3, 0.4) is 0 Å². The minimum atomic E-state index is -0.0515. The average Bonchev–Trinajstić information content (AvgIpc) is 2.85. The smallest absolute Gasteiger partial charge is 0.313 e. The summed E-state index contributed by atoms with van der Waals surface area (Å²) >= 11 is 1.69. The maximum atomic E-state index is 11.5. The molecule has 1 aromatic rings. The highest BCUT2D eigenvalue weighted by molar-refractivity contribution is 7.99. The molecule has 2 heterocycles. The molecule has 1 saturated carbocycles. The second kappa shape index (κ2) is 4.25. The molecule has 0 radical (unpaired) electrons. The first-order valence-electron chi connectivity index (χ1n) is 5.87. The third kappa shape index (κ3) is 2.04. The highest BCUT2D eigenvalue weighted by atomic mass is 32.2. The van der Waals surface area contributed by atoms with E-state index in [4.69, 9.17) is 0 Å². The Morgan fingerprint density at radius 3 is 3.00 bits per heavy atom. The largest absolute Gasteiger partial charge is 0.344 e. The zero-order valence-corrected chi connectivity index (χ0v) is 9.92. The third-order valence-electron chi connectivity index (χ3n) is 3.16. The Morgan fingerprint density at radius 2 is 2.31 bits per heavy atom. The van der Waals surface area contributed by atoms with E-state index in [1.807, 2.05) is 4.57 Å². The summed E-state index contributed by atoms with van der Waals surface area (Å²) in [5.74, 6) is 1.01. The molecule has 2 N–H and O–H groups in total. The van der Waals surface area contributed by atoms with Gasteiger partial charge in [0.05, 0.1) is 0 Å². The van der Waals surface area contributed by atoms with Gasteiger partial charge in [0.2, 0.25) is 0 Å². The summed E-state index contributed by atoms with van der Waals surface area (Å²) in [5, 5.41) is 11.0. The molecule has 2 aliphatic rings. The summed E-state index contributed by atoms with van der Waals surface area (Å²) < 4.78 is 1.82. The molecule has 1 saturated heterocycles. The van der Waals surface area contributed by atoms with E-state index in [1.54, 1.807) is 11.8 Å². The van der Waals surface area contributed by atoms with Crippen molar-refractivity contribution in [2.45, 2.75) is 42.9 Å². The SMILES string of the molecule is O=c1[nH]nc(SCC2CCCN2)n1C1CC1. The van der Waals surface area contributed by atoms with Crippen molar-refractivity contribution in [3.8, 4) is 0 Å². The Labute approximate surface area is 98.0 Å². The number of hydrogen-bond acceptors (Lipinski definition) is 4. The maximum absolute atomic E-state index is 11.5. The lowest BCUT2D eigenvalue weighted by molar-refractivity contribution is 0.636. The molecule has 2 fully saturated rings. The zero-order chi connectivity index (χ0) is 11.0. The van der Waals surface area contributed by atoms with Crippen LogP contribution in [0.15, 0.2) is 9.95 Å². The molecule has 16 heavy (non-hydrogen) atoms. The Hall–Kier alpha value is -0.750. The number of aromatic nitrogens is 3. The molecule has 0 aromatic carbocycles. The fourth-order valence-electron chi connectivity index (χ4n) is 2.12. The van der Waals surface area contributed by atoms with Crippen LogP contribution >= 0.6 is 11.8 Å². The number of thioether (sulfide) groups is 1. The molecule has 1 aromatic heterocycles. The molecule has 6 heteroatoms. The quantitative estimate of drug-likeness (QED) is 0.762. The lowest BCUT2D eigenvalue weighted by Gasteiger charge is -2.09. The monoisotopic (exact) mass is 240 g/mol. The van der Waals surface area contributed by atoms with Crippen LogP contribution in [0.4, 0.5) is 0 Å². The molecule has 0 spiro atoms. The summed E-state index contributed by atoms with van der Waals surface area (Å²) in [6, 6.07) is 0.995. The number of nitrogens with zero attached hydrogens (tertiary/aromatic N) is 2. The fourth-order valence-corrected chi connectivity index (χ4v) is 3.24. The highest BCUT2D eigenvalue weighted by Crippen LogP contribution is 2.36. The van der Waals surface area contributed by atoms with Gasteiger partial charge in [0.1, 0.15) is 0 Å². The molecule has 88 valence electrons. The first kappa shape index (κ1) is 10.4. The topological polar surface area (TPSA) is 62.7 Å².